The van der Waals surface area contributed by atoms with Gasteiger partial charge in [0.15, 0.2) is 5.76 Å². The predicted octanol–water partition coefficient (Wildman–Crippen LogP) is 3.30. The summed E-state index contributed by atoms with van der Waals surface area (Å²) in [5, 5.41) is 6.23. The quantitative estimate of drug-likeness (QED) is 0.489. The monoisotopic (exact) mass is 387 g/mol. The summed E-state index contributed by atoms with van der Waals surface area (Å²) in [6.07, 6.45) is 1.43. The molecule has 0 aliphatic heterocycles. The number of anilines is 1. The average Bonchev–Trinajstić information content (AvgIpc) is 3.27. The number of amides is 2. The van der Waals surface area contributed by atoms with E-state index in [1.807, 2.05) is 6.07 Å². The molecule has 0 atom stereocenters. The second-order valence-electron chi connectivity index (χ2n) is 6.40. The Kier molecular flexibility index (Phi) is 4.94. The molecule has 2 aromatic heterocycles. The molecule has 4 rings (SSSR count). The molecule has 0 spiro atoms. The van der Waals surface area contributed by atoms with Gasteiger partial charge in [0.05, 0.1) is 11.8 Å². The number of fused-ring (bicyclic) bond motifs is 1. The summed E-state index contributed by atoms with van der Waals surface area (Å²) in [4.78, 5) is 39.1. The third-order valence-corrected chi connectivity index (χ3v) is 4.41. The van der Waals surface area contributed by atoms with E-state index >= 15 is 0 Å². The lowest BCUT2D eigenvalue weighted by Crippen LogP contribution is -2.24. The van der Waals surface area contributed by atoms with Gasteiger partial charge in [-0.1, -0.05) is 30.3 Å². The molecule has 0 aliphatic rings. The zero-order valence-corrected chi connectivity index (χ0v) is 15.3. The molecule has 0 unspecified atom stereocenters. The molecule has 2 heterocycles. The van der Waals surface area contributed by atoms with Crippen LogP contribution in [0.4, 0.5) is 5.69 Å². The van der Waals surface area contributed by atoms with Gasteiger partial charge in [0.25, 0.3) is 11.8 Å². The van der Waals surface area contributed by atoms with Crippen molar-refractivity contribution in [1.29, 1.82) is 0 Å². The third kappa shape index (κ3) is 4.08. The lowest BCUT2D eigenvalue weighted by molar-refractivity contribution is 0.0951. The van der Waals surface area contributed by atoms with Crippen molar-refractivity contribution in [2.45, 2.75) is 6.54 Å². The third-order valence-electron chi connectivity index (χ3n) is 4.41. The SMILES string of the molecule is O=C(Nc1ccc(CNC(=O)c2cc(=O)[nH]c3ccccc23)cc1)c1ccco1. The van der Waals surface area contributed by atoms with Crippen molar-refractivity contribution in [1.82, 2.24) is 10.3 Å². The number of benzene rings is 2. The first-order valence-electron chi connectivity index (χ1n) is 8.94. The van der Waals surface area contributed by atoms with Crippen LogP contribution < -0.4 is 16.2 Å². The number of carbonyl (C=O) groups excluding carboxylic acids is 2. The van der Waals surface area contributed by atoms with Crippen molar-refractivity contribution in [3.05, 3.63) is 100 Å². The van der Waals surface area contributed by atoms with E-state index in [2.05, 4.69) is 15.6 Å². The van der Waals surface area contributed by atoms with Crippen LogP contribution in [-0.2, 0) is 6.54 Å². The van der Waals surface area contributed by atoms with Gasteiger partial charge in [-0.2, -0.15) is 0 Å². The molecule has 7 heteroatoms. The van der Waals surface area contributed by atoms with Gasteiger partial charge in [-0.25, -0.2) is 0 Å². The van der Waals surface area contributed by atoms with Crippen LogP contribution in [0.3, 0.4) is 0 Å². The highest BCUT2D eigenvalue weighted by atomic mass is 16.3. The highest BCUT2D eigenvalue weighted by molar-refractivity contribution is 6.06. The van der Waals surface area contributed by atoms with Crippen LogP contribution in [0.25, 0.3) is 10.9 Å². The largest absolute Gasteiger partial charge is 0.459 e. The molecule has 0 radical (unpaired) electrons. The molecule has 2 aromatic carbocycles. The van der Waals surface area contributed by atoms with E-state index in [9.17, 15) is 14.4 Å². The Balaban J connectivity index is 1.42. The van der Waals surface area contributed by atoms with E-state index in [1.165, 1.54) is 12.3 Å². The standard InChI is InChI=1S/C22H17N3O4/c26-20-12-17(16-4-1-2-5-18(16)25-20)21(27)23-13-14-7-9-15(10-8-14)24-22(28)19-6-3-11-29-19/h1-12H,13H2,(H,23,27)(H,24,28)(H,25,26). The molecule has 0 aliphatic carbocycles. The van der Waals surface area contributed by atoms with Crippen molar-refractivity contribution in [2.24, 2.45) is 0 Å². The Morgan fingerprint density at radius 2 is 1.72 bits per heavy atom. The van der Waals surface area contributed by atoms with Crippen LogP contribution in [0.5, 0.6) is 0 Å². The fourth-order valence-electron chi connectivity index (χ4n) is 2.98. The Morgan fingerprint density at radius 3 is 2.48 bits per heavy atom. The molecule has 29 heavy (non-hydrogen) atoms. The van der Waals surface area contributed by atoms with Gasteiger partial charge < -0.3 is 20.0 Å². The smallest absolute Gasteiger partial charge is 0.291 e. The Hall–Kier alpha value is -4.13. The summed E-state index contributed by atoms with van der Waals surface area (Å²) in [5.41, 5.74) is 2.07. The zero-order chi connectivity index (χ0) is 20.2. The summed E-state index contributed by atoms with van der Waals surface area (Å²) in [5.74, 6) is -0.439. The number of hydrogen-bond acceptors (Lipinski definition) is 4. The first-order valence-corrected chi connectivity index (χ1v) is 8.94. The fourth-order valence-corrected chi connectivity index (χ4v) is 2.98. The topological polar surface area (TPSA) is 104 Å². The van der Waals surface area contributed by atoms with Crippen molar-refractivity contribution in [3.8, 4) is 0 Å². The number of para-hydroxylation sites is 1. The molecule has 4 aromatic rings. The van der Waals surface area contributed by atoms with Crippen molar-refractivity contribution < 1.29 is 14.0 Å². The normalized spacial score (nSPS) is 10.6. The van der Waals surface area contributed by atoms with Gasteiger partial charge >= 0.3 is 0 Å². The van der Waals surface area contributed by atoms with Crippen LogP contribution in [0, 0.1) is 0 Å². The number of pyridine rings is 1. The highest BCUT2D eigenvalue weighted by Gasteiger charge is 2.12. The summed E-state index contributed by atoms with van der Waals surface area (Å²) in [7, 11) is 0. The summed E-state index contributed by atoms with van der Waals surface area (Å²) in [6, 6.07) is 18.8. The number of furan rings is 1. The van der Waals surface area contributed by atoms with Crippen LogP contribution in [0.15, 0.2) is 82.2 Å². The van der Waals surface area contributed by atoms with E-state index in [0.717, 1.165) is 5.56 Å². The van der Waals surface area contributed by atoms with Crippen LogP contribution in [0.1, 0.15) is 26.5 Å². The highest BCUT2D eigenvalue weighted by Crippen LogP contribution is 2.15. The molecule has 144 valence electrons. The second-order valence-corrected chi connectivity index (χ2v) is 6.40. The Labute approximate surface area is 165 Å². The van der Waals surface area contributed by atoms with E-state index in [0.29, 0.717) is 22.2 Å². The van der Waals surface area contributed by atoms with Crippen molar-refractivity contribution in [2.75, 3.05) is 5.32 Å². The molecule has 7 nitrogen and oxygen atoms in total. The van der Waals surface area contributed by atoms with Crippen LogP contribution in [-0.4, -0.2) is 16.8 Å². The second kappa shape index (κ2) is 7.85. The summed E-state index contributed by atoms with van der Waals surface area (Å²) in [6.45, 7) is 0.284. The summed E-state index contributed by atoms with van der Waals surface area (Å²) >= 11 is 0. The fraction of sp³-hybridized carbons (Fsp3) is 0.0455. The maximum Gasteiger partial charge on any atom is 0.291 e. The Morgan fingerprint density at radius 1 is 0.931 bits per heavy atom. The van der Waals surface area contributed by atoms with Gasteiger partial charge in [0.1, 0.15) is 0 Å². The van der Waals surface area contributed by atoms with Gasteiger partial charge in [-0.05, 0) is 35.9 Å². The van der Waals surface area contributed by atoms with Crippen molar-refractivity contribution >= 4 is 28.4 Å². The predicted molar refractivity (Wildman–Crippen MR) is 109 cm³/mol. The number of aromatic amines is 1. The minimum absolute atomic E-state index is 0.228. The lowest BCUT2D eigenvalue weighted by Gasteiger charge is -2.09. The minimum Gasteiger partial charge on any atom is -0.459 e. The maximum absolute atomic E-state index is 12.6. The first kappa shape index (κ1) is 18.2. The zero-order valence-electron chi connectivity index (χ0n) is 15.3. The van der Waals surface area contributed by atoms with E-state index in [4.69, 9.17) is 4.42 Å². The first-order chi connectivity index (χ1) is 14.1. The maximum atomic E-state index is 12.6. The molecular weight excluding hydrogens is 370 g/mol. The molecule has 3 N–H and O–H groups in total. The minimum atomic E-state index is -0.336. The number of nitrogens with one attached hydrogen (secondary N) is 3. The van der Waals surface area contributed by atoms with Gasteiger partial charge in [-0.3, -0.25) is 14.4 Å². The van der Waals surface area contributed by atoms with Crippen molar-refractivity contribution in [3.63, 3.8) is 0 Å². The molecule has 0 bridgehead atoms. The number of hydrogen-bond donors (Lipinski definition) is 3. The summed E-state index contributed by atoms with van der Waals surface area (Å²) < 4.78 is 5.05. The van der Waals surface area contributed by atoms with Crippen LogP contribution >= 0.6 is 0 Å². The van der Waals surface area contributed by atoms with E-state index < -0.39 is 0 Å². The number of aromatic nitrogens is 1. The molecule has 0 saturated heterocycles. The van der Waals surface area contributed by atoms with Crippen LogP contribution in [0.2, 0.25) is 0 Å². The molecular formula is C22H17N3O4. The van der Waals surface area contributed by atoms with Gasteiger partial charge in [-0.15, -0.1) is 0 Å². The van der Waals surface area contributed by atoms with E-state index in [1.54, 1.807) is 54.6 Å². The number of H-pyrrole nitrogens is 1. The lowest BCUT2D eigenvalue weighted by atomic mass is 10.1. The molecule has 0 saturated carbocycles. The average molecular weight is 387 g/mol. The number of rotatable bonds is 5. The number of carbonyl (C=O) groups is 2. The van der Waals surface area contributed by atoms with Gasteiger partial charge in [0, 0.05) is 29.2 Å². The molecule has 2 amide bonds. The molecule has 0 fully saturated rings. The Bertz CT molecular complexity index is 1230. The van der Waals surface area contributed by atoms with E-state index in [-0.39, 0.29) is 29.7 Å². The van der Waals surface area contributed by atoms with Gasteiger partial charge in [0.2, 0.25) is 5.56 Å².